The molecule has 0 aliphatic carbocycles. The molecule has 9 heteroatoms. The Balaban J connectivity index is 1.36. The third kappa shape index (κ3) is 7.43. The van der Waals surface area contributed by atoms with E-state index in [-0.39, 0.29) is 19.1 Å². The number of rotatable bonds is 13. The number of anilines is 2. The van der Waals surface area contributed by atoms with E-state index in [1.807, 2.05) is 75.4 Å². The van der Waals surface area contributed by atoms with Crippen LogP contribution in [0.1, 0.15) is 37.0 Å². The second-order valence-corrected chi connectivity index (χ2v) is 12.0. The molecule has 5 rings (SSSR count). The zero-order valence-electron chi connectivity index (χ0n) is 26.9. The minimum absolute atomic E-state index is 0.0719. The predicted octanol–water partition coefficient (Wildman–Crippen LogP) is 6.90. The molecule has 46 heavy (non-hydrogen) atoms. The normalized spacial score (nSPS) is 14.3. The van der Waals surface area contributed by atoms with Crippen LogP contribution in [0.3, 0.4) is 0 Å². The molecule has 0 saturated heterocycles. The van der Waals surface area contributed by atoms with Gasteiger partial charge in [0.15, 0.2) is 0 Å². The summed E-state index contributed by atoms with van der Waals surface area (Å²) >= 11 is 0. The van der Waals surface area contributed by atoms with E-state index >= 15 is 0 Å². The number of hydrogen-bond donors (Lipinski definition) is 2. The molecular formula is C37H41FN2O6. The summed E-state index contributed by atoms with van der Waals surface area (Å²) in [5.74, 6) is 1.00. The second-order valence-electron chi connectivity index (χ2n) is 12.0. The van der Waals surface area contributed by atoms with Crippen molar-refractivity contribution in [3.8, 4) is 28.4 Å². The first kappa shape index (κ1) is 32.8. The van der Waals surface area contributed by atoms with E-state index in [0.29, 0.717) is 42.6 Å². The van der Waals surface area contributed by atoms with Crippen LogP contribution in [0, 0.1) is 12.7 Å². The average Bonchev–Trinajstić information content (AvgIpc) is 3.05. The molecule has 0 spiro atoms. The van der Waals surface area contributed by atoms with Gasteiger partial charge in [-0.1, -0.05) is 42.5 Å². The molecule has 1 amide bonds. The van der Waals surface area contributed by atoms with Gasteiger partial charge in [-0.15, -0.1) is 0 Å². The number of fused-ring (bicyclic) bond motifs is 1. The number of aliphatic hydroxyl groups excluding tert-OH is 1. The van der Waals surface area contributed by atoms with Gasteiger partial charge in [0.1, 0.15) is 41.8 Å². The molecule has 0 radical (unpaired) electrons. The number of benzene rings is 4. The van der Waals surface area contributed by atoms with Crippen molar-refractivity contribution in [2.45, 2.75) is 52.0 Å². The van der Waals surface area contributed by atoms with E-state index in [4.69, 9.17) is 18.9 Å². The molecule has 1 aliphatic rings. The lowest BCUT2D eigenvalue weighted by atomic mass is 9.91. The number of nitrogens with one attached hydrogen (secondary N) is 1. The van der Waals surface area contributed by atoms with Gasteiger partial charge in [0.2, 0.25) is 0 Å². The number of aliphatic hydroxyl groups is 1. The highest BCUT2D eigenvalue weighted by Crippen LogP contribution is 2.45. The van der Waals surface area contributed by atoms with Crippen LogP contribution in [0.2, 0.25) is 0 Å². The van der Waals surface area contributed by atoms with Crippen molar-refractivity contribution in [3.63, 3.8) is 0 Å². The van der Waals surface area contributed by atoms with Crippen LogP contribution >= 0.6 is 0 Å². The van der Waals surface area contributed by atoms with E-state index in [1.54, 1.807) is 31.2 Å². The molecular weight excluding hydrogens is 587 g/mol. The standard InChI is InChI=1S/C37H41FN2O6/c1-24-11-12-26(38)19-33(24)46-23-31-29(15-16-32-35(31)40(4)36(42)37(2,3)39-32)30-14-13-28(20-34(30)43-5)45-22-27(41)17-18-44-21-25-9-7-6-8-10-25/h6-16,19-20,27,39,41H,17-18,21-23H2,1-5H3/t27-/m1/s1. The van der Waals surface area contributed by atoms with Gasteiger partial charge in [-0.05, 0) is 61.7 Å². The minimum atomic E-state index is -0.796. The Kier molecular flexibility index (Phi) is 10.1. The molecule has 1 aliphatic heterocycles. The summed E-state index contributed by atoms with van der Waals surface area (Å²) in [6, 6.07) is 23.7. The molecule has 2 N–H and O–H groups in total. The number of carbonyl (C=O) groups excluding carboxylic acids is 1. The minimum Gasteiger partial charge on any atom is -0.496 e. The van der Waals surface area contributed by atoms with Crippen LogP contribution in [0.4, 0.5) is 15.8 Å². The zero-order valence-corrected chi connectivity index (χ0v) is 26.9. The molecule has 242 valence electrons. The first-order chi connectivity index (χ1) is 22.1. The molecule has 0 bridgehead atoms. The van der Waals surface area contributed by atoms with E-state index in [0.717, 1.165) is 33.5 Å². The number of aryl methyl sites for hydroxylation is 1. The molecule has 0 aromatic heterocycles. The Labute approximate surface area is 269 Å². The van der Waals surface area contributed by atoms with Crippen LogP contribution in [0.25, 0.3) is 11.1 Å². The quantitative estimate of drug-likeness (QED) is 0.156. The molecule has 0 unspecified atom stereocenters. The van der Waals surface area contributed by atoms with Crippen molar-refractivity contribution in [1.29, 1.82) is 0 Å². The summed E-state index contributed by atoms with van der Waals surface area (Å²) in [6.45, 7) is 6.59. The maximum atomic E-state index is 14.1. The number of nitrogens with zero attached hydrogens (tertiary/aromatic N) is 1. The predicted molar refractivity (Wildman–Crippen MR) is 177 cm³/mol. The summed E-state index contributed by atoms with van der Waals surface area (Å²) in [5.41, 5.74) is 4.81. The number of carbonyl (C=O) groups is 1. The number of ether oxygens (including phenoxy) is 4. The molecule has 0 fully saturated rings. The highest BCUT2D eigenvalue weighted by Gasteiger charge is 2.38. The van der Waals surface area contributed by atoms with Gasteiger partial charge < -0.3 is 34.3 Å². The molecule has 0 saturated carbocycles. The van der Waals surface area contributed by atoms with Gasteiger partial charge in [-0.25, -0.2) is 4.39 Å². The third-order valence-corrected chi connectivity index (χ3v) is 8.04. The molecule has 4 aromatic carbocycles. The van der Waals surface area contributed by atoms with Crippen LogP contribution < -0.4 is 24.4 Å². The van der Waals surface area contributed by atoms with Crippen LogP contribution in [0.15, 0.2) is 78.9 Å². The monoisotopic (exact) mass is 628 g/mol. The summed E-state index contributed by atoms with van der Waals surface area (Å²) in [5, 5.41) is 13.8. The van der Waals surface area contributed by atoms with Gasteiger partial charge in [-0.3, -0.25) is 4.79 Å². The molecule has 1 heterocycles. The van der Waals surface area contributed by atoms with Crippen molar-refractivity contribution in [3.05, 3.63) is 101 Å². The van der Waals surface area contributed by atoms with Gasteiger partial charge in [0.05, 0.1) is 31.2 Å². The largest absolute Gasteiger partial charge is 0.496 e. The number of methoxy groups -OCH3 is 1. The Morgan fingerprint density at radius 1 is 0.935 bits per heavy atom. The Hall–Kier alpha value is -4.60. The van der Waals surface area contributed by atoms with Crippen molar-refractivity contribution in [1.82, 2.24) is 0 Å². The fourth-order valence-electron chi connectivity index (χ4n) is 5.55. The number of halogens is 1. The van der Waals surface area contributed by atoms with Crippen LogP contribution in [0.5, 0.6) is 17.2 Å². The van der Waals surface area contributed by atoms with Crippen LogP contribution in [-0.2, 0) is 22.7 Å². The fraction of sp³-hybridized carbons (Fsp3) is 0.324. The van der Waals surface area contributed by atoms with Crippen molar-refractivity contribution in [2.75, 3.05) is 37.6 Å². The Morgan fingerprint density at radius 3 is 2.46 bits per heavy atom. The first-order valence-electron chi connectivity index (χ1n) is 15.3. The fourth-order valence-corrected chi connectivity index (χ4v) is 5.55. The van der Waals surface area contributed by atoms with E-state index in [9.17, 15) is 14.3 Å². The number of likely N-dealkylation sites (N-methyl/N-ethyl adjacent to an activating group) is 1. The lowest BCUT2D eigenvalue weighted by Gasteiger charge is -2.39. The maximum absolute atomic E-state index is 14.1. The van der Waals surface area contributed by atoms with Crippen LogP contribution in [-0.4, -0.2) is 50.0 Å². The zero-order chi connectivity index (χ0) is 32.8. The summed E-state index contributed by atoms with van der Waals surface area (Å²) in [7, 11) is 3.32. The molecule has 4 aromatic rings. The van der Waals surface area contributed by atoms with E-state index in [2.05, 4.69) is 5.32 Å². The molecule has 8 nitrogen and oxygen atoms in total. The van der Waals surface area contributed by atoms with Crippen molar-refractivity contribution < 1.29 is 33.2 Å². The van der Waals surface area contributed by atoms with Crippen molar-refractivity contribution >= 4 is 17.3 Å². The summed E-state index contributed by atoms with van der Waals surface area (Å²) in [6.07, 6.45) is -0.274. The first-order valence-corrected chi connectivity index (χ1v) is 15.3. The summed E-state index contributed by atoms with van der Waals surface area (Å²) < 4.78 is 37.7. The lowest BCUT2D eigenvalue weighted by Crippen LogP contribution is -2.52. The average molecular weight is 629 g/mol. The third-order valence-electron chi connectivity index (χ3n) is 8.04. The lowest BCUT2D eigenvalue weighted by molar-refractivity contribution is -0.121. The smallest absolute Gasteiger partial charge is 0.251 e. The highest BCUT2D eigenvalue weighted by atomic mass is 19.1. The summed E-state index contributed by atoms with van der Waals surface area (Å²) in [4.78, 5) is 15.0. The molecule has 1 atom stereocenters. The Bertz CT molecular complexity index is 1680. The van der Waals surface area contributed by atoms with Gasteiger partial charge in [0, 0.05) is 43.3 Å². The van der Waals surface area contributed by atoms with E-state index in [1.165, 1.54) is 12.1 Å². The van der Waals surface area contributed by atoms with Gasteiger partial charge in [0.25, 0.3) is 5.91 Å². The highest BCUT2D eigenvalue weighted by molar-refractivity contribution is 6.08. The Morgan fingerprint density at radius 2 is 1.70 bits per heavy atom. The maximum Gasteiger partial charge on any atom is 0.251 e. The second kappa shape index (κ2) is 14.2. The van der Waals surface area contributed by atoms with E-state index < -0.39 is 17.5 Å². The number of amides is 1. The van der Waals surface area contributed by atoms with Crippen molar-refractivity contribution in [2.24, 2.45) is 0 Å². The van der Waals surface area contributed by atoms with Gasteiger partial charge >= 0.3 is 0 Å². The topological polar surface area (TPSA) is 89.5 Å². The SMILES string of the molecule is COc1cc(OC[C@H](O)CCOCc2ccccc2)ccc1-c1ccc2c(c1COc1cc(F)ccc1C)N(C)C(=O)C(C)(C)N2. The number of hydrogen-bond acceptors (Lipinski definition) is 7. The van der Waals surface area contributed by atoms with Gasteiger partial charge in [-0.2, -0.15) is 0 Å².